The minimum absolute atomic E-state index is 0.0754. The van der Waals surface area contributed by atoms with E-state index in [9.17, 15) is 4.79 Å². The van der Waals surface area contributed by atoms with Crippen LogP contribution in [-0.2, 0) is 12.3 Å². The normalized spacial score (nSPS) is 14.4. The first-order valence-electron chi connectivity index (χ1n) is 11.4. The second-order valence-electron chi connectivity index (χ2n) is 8.43. The zero-order valence-electron chi connectivity index (χ0n) is 19.1. The molecule has 3 heterocycles. The third-order valence-electron chi connectivity index (χ3n) is 5.94. The largest absolute Gasteiger partial charge is 0.354 e. The molecular weight excluding hydrogens is 462 g/mol. The Bertz CT molecular complexity index is 1220. The van der Waals surface area contributed by atoms with Crippen molar-refractivity contribution in [2.45, 2.75) is 16.6 Å². The lowest BCUT2D eigenvalue weighted by Crippen LogP contribution is -2.44. The molecule has 4 aromatic rings. The first-order valence-corrected chi connectivity index (χ1v) is 13.2. The second-order valence-corrected chi connectivity index (χ2v) is 10.7. The molecule has 0 spiro atoms. The maximum Gasteiger partial charge on any atom is 0.251 e. The van der Waals surface area contributed by atoms with Crippen LogP contribution in [0.2, 0.25) is 0 Å². The summed E-state index contributed by atoms with van der Waals surface area (Å²) >= 11 is 3.44. The van der Waals surface area contributed by atoms with Gasteiger partial charge in [0.25, 0.3) is 5.91 Å². The summed E-state index contributed by atoms with van der Waals surface area (Å²) in [6.07, 6.45) is 1.86. The van der Waals surface area contributed by atoms with Crippen molar-refractivity contribution in [3.63, 3.8) is 0 Å². The van der Waals surface area contributed by atoms with Gasteiger partial charge < -0.3 is 15.1 Å². The van der Waals surface area contributed by atoms with E-state index >= 15 is 0 Å². The van der Waals surface area contributed by atoms with E-state index in [-0.39, 0.29) is 5.91 Å². The number of carbonyl (C=O) groups is 1. The predicted octanol–water partition coefficient (Wildman–Crippen LogP) is 4.67. The smallest absolute Gasteiger partial charge is 0.251 e. The summed E-state index contributed by atoms with van der Waals surface area (Å²) in [5.41, 5.74) is 3.88. The van der Waals surface area contributed by atoms with E-state index in [0.717, 1.165) is 53.2 Å². The molecule has 0 bridgehead atoms. The number of fused-ring (bicyclic) bond motifs is 1. The molecule has 1 fully saturated rings. The fourth-order valence-corrected chi connectivity index (χ4v) is 5.86. The molecular formula is C26H27N5OS2. The molecule has 174 valence electrons. The summed E-state index contributed by atoms with van der Waals surface area (Å²) in [5, 5.41) is 3.00. The van der Waals surface area contributed by atoms with Crippen molar-refractivity contribution in [1.29, 1.82) is 0 Å². The van der Waals surface area contributed by atoms with Gasteiger partial charge in [-0.05, 0) is 48.5 Å². The first kappa shape index (κ1) is 22.8. The van der Waals surface area contributed by atoms with Gasteiger partial charge in [-0.25, -0.2) is 9.97 Å². The van der Waals surface area contributed by atoms with E-state index < -0.39 is 0 Å². The third-order valence-corrected chi connectivity index (χ3v) is 8.19. The van der Waals surface area contributed by atoms with Crippen LogP contribution in [0, 0.1) is 0 Å². The Balaban J connectivity index is 1.11. The number of piperazine rings is 1. The summed E-state index contributed by atoms with van der Waals surface area (Å²) in [4.78, 5) is 26.5. The van der Waals surface area contributed by atoms with E-state index in [4.69, 9.17) is 0 Å². The predicted molar refractivity (Wildman–Crippen MR) is 141 cm³/mol. The molecule has 8 heteroatoms. The summed E-state index contributed by atoms with van der Waals surface area (Å²) in [5.74, 6) is 1.75. The lowest BCUT2D eigenvalue weighted by molar-refractivity contribution is 0.0951. The average molecular weight is 490 g/mol. The number of likely N-dealkylation sites (N-methyl/N-ethyl adjacent to an activating group) is 1. The van der Waals surface area contributed by atoms with Gasteiger partial charge in [-0.15, -0.1) is 11.3 Å². The molecule has 6 nitrogen and oxygen atoms in total. The Kier molecular flexibility index (Phi) is 7.08. The molecule has 1 N–H and O–H groups in total. The fourth-order valence-electron chi connectivity index (χ4n) is 3.84. The van der Waals surface area contributed by atoms with Gasteiger partial charge in [-0.2, -0.15) is 0 Å². The van der Waals surface area contributed by atoms with Crippen LogP contribution < -0.4 is 10.2 Å². The monoisotopic (exact) mass is 489 g/mol. The van der Waals surface area contributed by atoms with E-state index in [1.165, 1.54) is 10.3 Å². The van der Waals surface area contributed by atoms with Gasteiger partial charge in [0.1, 0.15) is 5.82 Å². The lowest BCUT2D eigenvalue weighted by atomic mass is 10.1. The van der Waals surface area contributed by atoms with Crippen LogP contribution in [0.4, 0.5) is 5.82 Å². The summed E-state index contributed by atoms with van der Waals surface area (Å²) in [6, 6.07) is 20.1. The van der Waals surface area contributed by atoms with Gasteiger partial charge in [0.2, 0.25) is 0 Å². The Morgan fingerprint density at radius 2 is 1.76 bits per heavy atom. The number of anilines is 1. The minimum atomic E-state index is -0.0754. The van der Waals surface area contributed by atoms with Gasteiger partial charge in [0, 0.05) is 50.2 Å². The number of nitrogens with one attached hydrogen (secondary N) is 1. The highest BCUT2D eigenvalue weighted by Crippen LogP contribution is 2.31. The number of hydrogen-bond acceptors (Lipinski definition) is 7. The molecule has 0 radical (unpaired) electrons. The number of hydrogen-bond donors (Lipinski definition) is 1. The molecule has 0 unspecified atom stereocenters. The van der Waals surface area contributed by atoms with Gasteiger partial charge in [0.05, 0.1) is 10.2 Å². The van der Waals surface area contributed by atoms with Crippen molar-refractivity contribution >= 4 is 45.0 Å². The van der Waals surface area contributed by atoms with Crippen molar-refractivity contribution in [1.82, 2.24) is 20.2 Å². The van der Waals surface area contributed by atoms with Gasteiger partial charge in [-0.3, -0.25) is 4.79 Å². The van der Waals surface area contributed by atoms with Crippen LogP contribution in [0.15, 0.2) is 71.2 Å². The van der Waals surface area contributed by atoms with Crippen LogP contribution in [0.25, 0.3) is 10.2 Å². The SMILES string of the molecule is CN1CCN(c2ccc(CNC(=O)c3ccc(CSc4nc5ccccc5s4)cc3)cn2)CC1. The van der Waals surface area contributed by atoms with E-state index in [0.29, 0.717) is 12.1 Å². The molecule has 5 rings (SSSR count). The molecule has 34 heavy (non-hydrogen) atoms. The molecule has 1 saturated heterocycles. The standard InChI is InChI=1S/C26H27N5OS2/c1-30-12-14-31(15-13-30)24-11-8-20(16-27-24)17-28-25(32)21-9-6-19(7-10-21)18-33-26-29-22-4-2-3-5-23(22)34-26/h2-11,16H,12-15,17-18H2,1H3,(H,28,32). The number of nitrogens with zero attached hydrogens (tertiary/aromatic N) is 4. The van der Waals surface area contributed by atoms with Crippen molar-refractivity contribution in [2.24, 2.45) is 0 Å². The van der Waals surface area contributed by atoms with E-state index in [1.807, 2.05) is 60.8 Å². The van der Waals surface area contributed by atoms with Crippen molar-refractivity contribution in [2.75, 3.05) is 38.1 Å². The number of rotatable bonds is 7. The van der Waals surface area contributed by atoms with E-state index in [1.54, 1.807) is 23.1 Å². The van der Waals surface area contributed by atoms with Crippen LogP contribution in [0.1, 0.15) is 21.5 Å². The molecule has 1 amide bonds. The zero-order valence-corrected chi connectivity index (χ0v) is 20.7. The molecule has 0 saturated carbocycles. The minimum Gasteiger partial charge on any atom is -0.354 e. The number of pyridine rings is 1. The number of aromatic nitrogens is 2. The Morgan fingerprint density at radius 1 is 1.00 bits per heavy atom. The number of para-hydroxylation sites is 1. The second kappa shape index (κ2) is 10.5. The number of amides is 1. The Labute approximate surface area is 208 Å². The molecule has 0 aliphatic carbocycles. The molecule has 2 aromatic carbocycles. The van der Waals surface area contributed by atoms with Crippen LogP contribution >= 0.6 is 23.1 Å². The maximum absolute atomic E-state index is 12.6. The average Bonchev–Trinajstić information content (AvgIpc) is 3.30. The topological polar surface area (TPSA) is 61.4 Å². The maximum atomic E-state index is 12.6. The quantitative estimate of drug-likeness (QED) is 0.381. The Hall–Kier alpha value is -2.94. The van der Waals surface area contributed by atoms with Crippen LogP contribution in [0.3, 0.4) is 0 Å². The Morgan fingerprint density at radius 3 is 2.50 bits per heavy atom. The third kappa shape index (κ3) is 5.58. The van der Waals surface area contributed by atoms with Gasteiger partial charge >= 0.3 is 0 Å². The van der Waals surface area contributed by atoms with Crippen molar-refractivity contribution in [3.8, 4) is 0 Å². The molecule has 0 atom stereocenters. The summed E-state index contributed by atoms with van der Waals surface area (Å²) < 4.78 is 2.27. The first-order chi connectivity index (χ1) is 16.6. The van der Waals surface area contributed by atoms with Gasteiger partial charge in [0.15, 0.2) is 4.34 Å². The number of thiazole rings is 1. The van der Waals surface area contributed by atoms with Crippen molar-refractivity contribution in [3.05, 3.63) is 83.6 Å². The fraction of sp³-hybridized carbons (Fsp3) is 0.269. The highest BCUT2D eigenvalue weighted by Gasteiger charge is 2.15. The molecule has 1 aliphatic heterocycles. The van der Waals surface area contributed by atoms with Crippen LogP contribution in [-0.4, -0.2) is 54.0 Å². The highest BCUT2D eigenvalue weighted by atomic mass is 32.2. The highest BCUT2D eigenvalue weighted by molar-refractivity contribution is 8.00. The van der Waals surface area contributed by atoms with Crippen LogP contribution in [0.5, 0.6) is 0 Å². The summed E-state index contributed by atoms with van der Waals surface area (Å²) in [7, 11) is 2.15. The number of thioether (sulfide) groups is 1. The van der Waals surface area contributed by atoms with Gasteiger partial charge in [-0.1, -0.05) is 42.1 Å². The molecule has 2 aromatic heterocycles. The zero-order chi connectivity index (χ0) is 23.3. The van der Waals surface area contributed by atoms with E-state index in [2.05, 4.69) is 38.2 Å². The van der Waals surface area contributed by atoms with Crippen molar-refractivity contribution < 1.29 is 4.79 Å². The number of carbonyl (C=O) groups excluding carboxylic acids is 1. The molecule has 1 aliphatic rings. The summed E-state index contributed by atoms with van der Waals surface area (Å²) in [6.45, 7) is 4.56. The number of benzene rings is 2. The lowest BCUT2D eigenvalue weighted by Gasteiger charge is -2.33.